The van der Waals surface area contributed by atoms with E-state index in [1.165, 1.54) is 6.20 Å². The Morgan fingerprint density at radius 2 is 1.85 bits per heavy atom. The summed E-state index contributed by atoms with van der Waals surface area (Å²) in [6.45, 7) is 6.07. The van der Waals surface area contributed by atoms with Crippen LogP contribution in [0, 0.1) is 6.92 Å². The van der Waals surface area contributed by atoms with Crippen molar-refractivity contribution >= 4 is 17.6 Å². The van der Waals surface area contributed by atoms with E-state index in [4.69, 9.17) is 14.2 Å². The SMILES string of the molecule is CCOc1ccc(NC(=O)COC(=O)c2cnn(C)c2C)cc1OCC. The number of esters is 1. The normalized spacial score (nSPS) is 10.3. The van der Waals surface area contributed by atoms with Crippen molar-refractivity contribution in [2.24, 2.45) is 7.05 Å². The van der Waals surface area contributed by atoms with Crippen LogP contribution in [-0.4, -0.2) is 41.5 Å². The Bertz CT molecular complexity index is 785. The molecule has 0 unspecified atom stereocenters. The van der Waals surface area contributed by atoms with Gasteiger partial charge in [-0.3, -0.25) is 9.48 Å². The van der Waals surface area contributed by atoms with E-state index >= 15 is 0 Å². The summed E-state index contributed by atoms with van der Waals surface area (Å²) in [4.78, 5) is 24.0. The molecule has 1 aromatic carbocycles. The fourth-order valence-electron chi connectivity index (χ4n) is 2.23. The third-order valence-electron chi connectivity index (χ3n) is 3.62. The van der Waals surface area contributed by atoms with Gasteiger partial charge >= 0.3 is 5.97 Å². The van der Waals surface area contributed by atoms with E-state index in [9.17, 15) is 9.59 Å². The minimum atomic E-state index is -0.590. The first kappa shape index (κ1) is 19.3. The molecule has 0 saturated heterocycles. The highest BCUT2D eigenvalue weighted by atomic mass is 16.5. The number of carbonyl (C=O) groups excluding carboxylic acids is 2. The van der Waals surface area contributed by atoms with Crippen LogP contribution in [0.2, 0.25) is 0 Å². The lowest BCUT2D eigenvalue weighted by Gasteiger charge is -2.13. The molecule has 0 radical (unpaired) electrons. The number of nitrogens with one attached hydrogen (secondary N) is 1. The maximum atomic E-state index is 12.0. The number of anilines is 1. The molecule has 0 spiro atoms. The molecule has 8 heteroatoms. The second-order valence-corrected chi connectivity index (χ2v) is 5.42. The van der Waals surface area contributed by atoms with Crippen molar-refractivity contribution < 1.29 is 23.8 Å². The summed E-state index contributed by atoms with van der Waals surface area (Å²) in [6.07, 6.45) is 1.41. The minimum Gasteiger partial charge on any atom is -0.490 e. The average Bonchev–Trinajstić information content (AvgIpc) is 2.95. The van der Waals surface area contributed by atoms with Crippen molar-refractivity contribution in [3.8, 4) is 11.5 Å². The molecule has 0 aliphatic rings. The molecule has 0 bridgehead atoms. The van der Waals surface area contributed by atoms with Crippen LogP contribution in [0.1, 0.15) is 29.9 Å². The highest BCUT2D eigenvalue weighted by Crippen LogP contribution is 2.30. The van der Waals surface area contributed by atoms with Gasteiger partial charge in [0.25, 0.3) is 5.91 Å². The second kappa shape index (κ2) is 8.89. The lowest BCUT2D eigenvalue weighted by atomic mass is 10.2. The molecule has 26 heavy (non-hydrogen) atoms. The van der Waals surface area contributed by atoms with E-state index in [1.54, 1.807) is 36.9 Å². The standard InChI is InChI=1S/C18H23N3O5/c1-5-24-15-8-7-13(9-16(15)25-6-2)20-17(22)11-26-18(23)14-10-19-21(4)12(14)3/h7-10H,5-6,11H2,1-4H3,(H,20,22). The zero-order valence-electron chi connectivity index (χ0n) is 15.4. The summed E-state index contributed by atoms with van der Waals surface area (Å²) in [6, 6.07) is 5.08. The zero-order valence-corrected chi connectivity index (χ0v) is 15.4. The minimum absolute atomic E-state index is 0.333. The van der Waals surface area contributed by atoms with Crippen LogP contribution in [0.25, 0.3) is 0 Å². The Labute approximate surface area is 152 Å². The van der Waals surface area contributed by atoms with Gasteiger partial charge in [-0.1, -0.05) is 0 Å². The fourth-order valence-corrected chi connectivity index (χ4v) is 2.23. The molecule has 0 aliphatic carbocycles. The van der Waals surface area contributed by atoms with Gasteiger partial charge in [-0.05, 0) is 32.9 Å². The average molecular weight is 361 g/mol. The number of rotatable bonds is 8. The van der Waals surface area contributed by atoms with E-state index in [0.717, 1.165) is 0 Å². The number of aromatic nitrogens is 2. The quantitative estimate of drug-likeness (QED) is 0.726. The van der Waals surface area contributed by atoms with Gasteiger partial charge in [0.2, 0.25) is 0 Å². The van der Waals surface area contributed by atoms with Crippen molar-refractivity contribution in [3.63, 3.8) is 0 Å². The van der Waals surface area contributed by atoms with Crippen LogP contribution in [0.4, 0.5) is 5.69 Å². The molecular formula is C18H23N3O5. The summed E-state index contributed by atoms with van der Waals surface area (Å²) >= 11 is 0. The first-order valence-corrected chi connectivity index (χ1v) is 8.31. The highest BCUT2D eigenvalue weighted by molar-refractivity contribution is 5.96. The van der Waals surface area contributed by atoms with Gasteiger partial charge in [0.1, 0.15) is 5.56 Å². The Balaban J connectivity index is 1.95. The molecule has 0 aliphatic heterocycles. The molecule has 0 fully saturated rings. The van der Waals surface area contributed by atoms with Gasteiger partial charge < -0.3 is 19.5 Å². The summed E-state index contributed by atoms with van der Waals surface area (Å²) in [5, 5.41) is 6.64. The lowest BCUT2D eigenvalue weighted by Crippen LogP contribution is -2.21. The molecule has 1 N–H and O–H groups in total. The maximum absolute atomic E-state index is 12.0. The number of aryl methyl sites for hydroxylation is 1. The number of ether oxygens (including phenoxy) is 3. The summed E-state index contributed by atoms with van der Waals surface area (Å²) in [5.74, 6) is 0.0971. The Morgan fingerprint density at radius 1 is 1.15 bits per heavy atom. The Hall–Kier alpha value is -3.03. The smallest absolute Gasteiger partial charge is 0.342 e. The monoisotopic (exact) mass is 361 g/mol. The second-order valence-electron chi connectivity index (χ2n) is 5.42. The van der Waals surface area contributed by atoms with Crippen LogP contribution in [0.5, 0.6) is 11.5 Å². The maximum Gasteiger partial charge on any atom is 0.342 e. The molecule has 1 aromatic heterocycles. The summed E-state index contributed by atoms with van der Waals surface area (Å²) in [7, 11) is 1.72. The summed E-state index contributed by atoms with van der Waals surface area (Å²) < 4.78 is 17.6. The number of nitrogens with zero attached hydrogens (tertiary/aromatic N) is 2. The highest BCUT2D eigenvalue weighted by Gasteiger charge is 2.16. The molecule has 2 aromatic rings. The number of hydrogen-bond donors (Lipinski definition) is 1. The number of amides is 1. The van der Waals surface area contributed by atoms with Gasteiger partial charge in [-0.2, -0.15) is 5.10 Å². The van der Waals surface area contributed by atoms with Gasteiger partial charge in [0.15, 0.2) is 18.1 Å². The van der Waals surface area contributed by atoms with Crippen LogP contribution < -0.4 is 14.8 Å². The van der Waals surface area contributed by atoms with Crippen LogP contribution >= 0.6 is 0 Å². The van der Waals surface area contributed by atoms with Crippen molar-refractivity contribution in [1.29, 1.82) is 0 Å². The van der Waals surface area contributed by atoms with E-state index in [2.05, 4.69) is 10.4 Å². The van der Waals surface area contributed by atoms with Crippen LogP contribution in [-0.2, 0) is 16.6 Å². The molecule has 0 saturated carbocycles. The fraction of sp³-hybridized carbons (Fsp3) is 0.389. The van der Waals surface area contributed by atoms with Crippen molar-refractivity contribution in [2.45, 2.75) is 20.8 Å². The van der Waals surface area contributed by atoms with E-state index < -0.39 is 18.5 Å². The lowest BCUT2D eigenvalue weighted by molar-refractivity contribution is -0.119. The molecule has 140 valence electrons. The topological polar surface area (TPSA) is 91.7 Å². The van der Waals surface area contributed by atoms with Crippen molar-refractivity contribution in [1.82, 2.24) is 9.78 Å². The first-order valence-electron chi connectivity index (χ1n) is 8.31. The predicted octanol–water partition coefficient (Wildman–Crippen LogP) is 2.32. The van der Waals surface area contributed by atoms with Crippen LogP contribution in [0.15, 0.2) is 24.4 Å². The van der Waals surface area contributed by atoms with Gasteiger partial charge in [-0.15, -0.1) is 0 Å². The number of benzene rings is 1. The van der Waals surface area contributed by atoms with Crippen LogP contribution in [0.3, 0.4) is 0 Å². The number of hydrogen-bond acceptors (Lipinski definition) is 6. The Kier molecular flexibility index (Phi) is 6.60. The molecule has 1 amide bonds. The van der Waals surface area contributed by atoms with E-state index in [-0.39, 0.29) is 0 Å². The zero-order chi connectivity index (χ0) is 19.1. The third-order valence-corrected chi connectivity index (χ3v) is 3.62. The van der Waals surface area contributed by atoms with Crippen molar-refractivity contribution in [3.05, 3.63) is 35.7 Å². The number of carbonyl (C=O) groups is 2. The van der Waals surface area contributed by atoms with Gasteiger partial charge in [0.05, 0.1) is 19.4 Å². The third kappa shape index (κ3) is 4.75. The largest absolute Gasteiger partial charge is 0.490 e. The molecule has 1 heterocycles. The Morgan fingerprint density at radius 3 is 2.46 bits per heavy atom. The molecule has 8 nitrogen and oxygen atoms in total. The summed E-state index contributed by atoms with van der Waals surface area (Å²) in [5.41, 5.74) is 1.53. The van der Waals surface area contributed by atoms with E-state index in [1.807, 2.05) is 13.8 Å². The predicted molar refractivity (Wildman–Crippen MR) is 95.6 cm³/mol. The molecular weight excluding hydrogens is 338 g/mol. The van der Waals surface area contributed by atoms with Crippen molar-refractivity contribution in [2.75, 3.05) is 25.1 Å². The molecule has 0 atom stereocenters. The van der Waals surface area contributed by atoms with E-state index in [0.29, 0.717) is 41.7 Å². The first-order chi connectivity index (χ1) is 12.5. The molecule has 2 rings (SSSR count). The van der Waals surface area contributed by atoms with Gasteiger partial charge in [0, 0.05) is 24.5 Å². The van der Waals surface area contributed by atoms with Gasteiger partial charge in [-0.25, -0.2) is 4.79 Å².